The standard InChI is InChI=1S/C28H34N4/c1-19-11-12-24(17-25(19)26(30)15-20(2)22-9-7-6-8-10-22)32-21(3)23-13-14-31-27(16-23)28(4,5)18-29/h11-17,22,30,32H,3,6-10H2,1-2,4-5H3/b20-15+,30-26?. The Hall–Kier alpha value is -3.19. The van der Waals surface area contributed by atoms with E-state index in [1.807, 2.05) is 51.1 Å². The normalized spacial score (nSPS) is 15.2. The number of benzene rings is 1. The van der Waals surface area contributed by atoms with Crippen LogP contribution in [0.4, 0.5) is 5.69 Å². The summed E-state index contributed by atoms with van der Waals surface area (Å²) in [6.45, 7) is 12.1. The minimum absolute atomic E-state index is 0.557. The summed E-state index contributed by atoms with van der Waals surface area (Å²) in [4.78, 5) is 4.36. The number of pyridine rings is 1. The zero-order valence-corrected chi connectivity index (χ0v) is 19.8. The summed E-state index contributed by atoms with van der Waals surface area (Å²) in [6, 6.07) is 12.2. The summed E-state index contributed by atoms with van der Waals surface area (Å²) in [7, 11) is 0. The van der Waals surface area contributed by atoms with E-state index in [2.05, 4.69) is 35.9 Å². The van der Waals surface area contributed by atoms with Crippen LogP contribution in [0.2, 0.25) is 0 Å². The Morgan fingerprint density at radius 3 is 2.62 bits per heavy atom. The van der Waals surface area contributed by atoms with E-state index in [1.54, 1.807) is 6.20 Å². The van der Waals surface area contributed by atoms with E-state index in [0.717, 1.165) is 33.8 Å². The number of aromatic nitrogens is 1. The smallest absolute Gasteiger partial charge is 0.0937 e. The maximum atomic E-state index is 9.41. The third kappa shape index (κ3) is 5.53. The number of anilines is 1. The van der Waals surface area contributed by atoms with Crippen molar-refractivity contribution in [1.29, 1.82) is 10.7 Å². The summed E-state index contributed by atoms with van der Waals surface area (Å²) < 4.78 is 0. The van der Waals surface area contributed by atoms with Crippen molar-refractivity contribution in [2.45, 2.75) is 65.2 Å². The molecule has 4 heteroatoms. The fourth-order valence-electron chi connectivity index (χ4n) is 4.23. The summed E-state index contributed by atoms with van der Waals surface area (Å²) in [5.74, 6) is 0.615. The van der Waals surface area contributed by atoms with Gasteiger partial charge in [-0.2, -0.15) is 5.26 Å². The lowest BCUT2D eigenvalue weighted by Gasteiger charge is -2.22. The van der Waals surface area contributed by atoms with Crippen LogP contribution in [-0.2, 0) is 5.41 Å². The molecule has 2 aromatic rings. The molecule has 2 N–H and O–H groups in total. The van der Waals surface area contributed by atoms with Crippen LogP contribution < -0.4 is 5.32 Å². The number of nitriles is 1. The molecule has 0 unspecified atom stereocenters. The SMILES string of the molecule is C=C(Nc1ccc(C)c(C(=N)/C=C(\C)C2CCCCC2)c1)c1ccnc(C(C)(C)C#N)c1. The minimum atomic E-state index is -0.662. The Kier molecular flexibility index (Phi) is 7.30. The highest BCUT2D eigenvalue weighted by Crippen LogP contribution is 2.30. The second-order valence-corrected chi connectivity index (χ2v) is 9.44. The summed E-state index contributed by atoms with van der Waals surface area (Å²) in [6.07, 6.45) is 10.2. The van der Waals surface area contributed by atoms with Crippen LogP contribution in [0, 0.1) is 29.6 Å². The molecular formula is C28H34N4. The predicted molar refractivity (Wildman–Crippen MR) is 134 cm³/mol. The van der Waals surface area contributed by atoms with Gasteiger partial charge in [0.15, 0.2) is 0 Å². The molecule has 1 aromatic carbocycles. The first-order valence-corrected chi connectivity index (χ1v) is 11.4. The van der Waals surface area contributed by atoms with E-state index < -0.39 is 5.41 Å². The van der Waals surface area contributed by atoms with E-state index in [0.29, 0.717) is 11.6 Å². The molecule has 0 saturated heterocycles. The van der Waals surface area contributed by atoms with Crippen molar-refractivity contribution in [3.05, 3.63) is 77.1 Å². The van der Waals surface area contributed by atoms with E-state index in [9.17, 15) is 5.26 Å². The van der Waals surface area contributed by atoms with Gasteiger partial charge in [0.25, 0.3) is 0 Å². The summed E-state index contributed by atoms with van der Waals surface area (Å²) >= 11 is 0. The fourth-order valence-corrected chi connectivity index (χ4v) is 4.23. The average molecular weight is 427 g/mol. The highest BCUT2D eigenvalue weighted by molar-refractivity contribution is 6.08. The average Bonchev–Trinajstić information content (AvgIpc) is 2.80. The van der Waals surface area contributed by atoms with Crippen LogP contribution in [0.25, 0.3) is 5.70 Å². The Labute approximate surface area is 192 Å². The number of rotatable bonds is 7. The van der Waals surface area contributed by atoms with Gasteiger partial charge >= 0.3 is 0 Å². The van der Waals surface area contributed by atoms with Crippen LogP contribution in [0.1, 0.15) is 75.3 Å². The molecule has 1 fully saturated rings. The van der Waals surface area contributed by atoms with Crippen molar-refractivity contribution in [2.75, 3.05) is 5.32 Å². The Balaban J connectivity index is 1.79. The van der Waals surface area contributed by atoms with Crippen molar-refractivity contribution in [2.24, 2.45) is 5.92 Å². The van der Waals surface area contributed by atoms with Crippen molar-refractivity contribution in [3.8, 4) is 6.07 Å². The fraction of sp³-hybridized carbons (Fsp3) is 0.393. The van der Waals surface area contributed by atoms with Gasteiger partial charge in [-0.25, -0.2) is 0 Å². The molecule has 0 bridgehead atoms. The van der Waals surface area contributed by atoms with E-state index in [1.165, 1.54) is 37.7 Å². The van der Waals surface area contributed by atoms with Crippen molar-refractivity contribution in [3.63, 3.8) is 0 Å². The largest absolute Gasteiger partial charge is 0.356 e. The molecule has 1 aliphatic rings. The molecule has 0 radical (unpaired) electrons. The molecule has 1 saturated carbocycles. The van der Waals surface area contributed by atoms with E-state index in [4.69, 9.17) is 5.41 Å². The third-order valence-electron chi connectivity index (χ3n) is 6.47. The topological polar surface area (TPSA) is 72.6 Å². The van der Waals surface area contributed by atoms with Crippen LogP contribution in [0.5, 0.6) is 0 Å². The van der Waals surface area contributed by atoms with E-state index >= 15 is 0 Å². The Morgan fingerprint density at radius 2 is 1.94 bits per heavy atom. The molecule has 4 nitrogen and oxygen atoms in total. The number of allylic oxidation sites excluding steroid dienone is 2. The predicted octanol–water partition coefficient (Wildman–Crippen LogP) is 7.17. The maximum absolute atomic E-state index is 9.41. The Bertz CT molecular complexity index is 1080. The first-order chi connectivity index (χ1) is 15.2. The van der Waals surface area contributed by atoms with Crippen LogP contribution in [0.3, 0.4) is 0 Å². The van der Waals surface area contributed by atoms with Crippen molar-refractivity contribution >= 4 is 17.1 Å². The van der Waals surface area contributed by atoms with Crippen LogP contribution in [-0.4, -0.2) is 10.7 Å². The van der Waals surface area contributed by atoms with Gasteiger partial charge < -0.3 is 10.7 Å². The lowest BCUT2D eigenvalue weighted by Crippen LogP contribution is -2.16. The molecule has 166 valence electrons. The first kappa shape index (κ1) is 23.5. The van der Waals surface area contributed by atoms with Gasteiger partial charge in [0.05, 0.1) is 22.9 Å². The molecule has 0 atom stereocenters. The quantitative estimate of drug-likeness (QED) is 0.461. The number of nitrogens with zero attached hydrogens (tertiary/aromatic N) is 2. The number of hydrogen-bond donors (Lipinski definition) is 2. The van der Waals surface area contributed by atoms with Gasteiger partial charge in [-0.1, -0.05) is 37.5 Å². The highest BCUT2D eigenvalue weighted by atomic mass is 14.9. The summed E-state index contributed by atoms with van der Waals surface area (Å²) in [5, 5.41) is 21.5. The molecule has 0 amide bonds. The first-order valence-electron chi connectivity index (χ1n) is 11.4. The third-order valence-corrected chi connectivity index (χ3v) is 6.47. The zero-order valence-electron chi connectivity index (χ0n) is 19.8. The molecule has 1 heterocycles. The van der Waals surface area contributed by atoms with Crippen LogP contribution >= 0.6 is 0 Å². The highest BCUT2D eigenvalue weighted by Gasteiger charge is 2.22. The lowest BCUT2D eigenvalue weighted by molar-refractivity contribution is 0.403. The molecular weight excluding hydrogens is 392 g/mol. The summed E-state index contributed by atoms with van der Waals surface area (Å²) in [5.41, 5.74) is 6.46. The van der Waals surface area contributed by atoms with E-state index in [-0.39, 0.29) is 0 Å². The van der Waals surface area contributed by atoms with Crippen molar-refractivity contribution < 1.29 is 0 Å². The van der Waals surface area contributed by atoms with Gasteiger partial charge in [0.2, 0.25) is 0 Å². The van der Waals surface area contributed by atoms with Gasteiger partial charge in [0.1, 0.15) is 0 Å². The van der Waals surface area contributed by atoms with Gasteiger partial charge in [-0.3, -0.25) is 4.98 Å². The second-order valence-electron chi connectivity index (χ2n) is 9.44. The number of aryl methyl sites for hydroxylation is 1. The zero-order chi connectivity index (χ0) is 23.3. The van der Waals surface area contributed by atoms with Crippen LogP contribution in [0.15, 0.2) is 54.8 Å². The molecule has 1 aliphatic carbocycles. The Morgan fingerprint density at radius 1 is 1.22 bits per heavy atom. The minimum Gasteiger partial charge on any atom is -0.356 e. The molecule has 1 aromatic heterocycles. The monoisotopic (exact) mass is 426 g/mol. The van der Waals surface area contributed by atoms with Gasteiger partial charge in [-0.05, 0) is 82.4 Å². The van der Waals surface area contributed by atoms with Gasteiger partial charge in [0, 0.05) is 28.7 Å². The maximum Gasteiger partial charge on any atom is 0.0937 e. The lowest BCUT2D eigenvalue weighted by atomic mass is 9.83. The van der Waals surface area contributed by atoms with Crippen molar-refractivity contribution in [1.82, 2.24) is 4.98 Å². The number of nitrogens with one attached hydrogen (secondary N) is 2. The van der Waals surface area contributed by atoms with Gasteiger partial charge in [-0.15, -0.1) is 0 Å². The number of hydrogen-bond acceptors (Lipinski definition) is 4. The molecule has 0 spiro atoms. The molecule has 3 rings (SSSR count). The molecule has 32 heavy (non-hydrogen) atoms. The second kappa shape index (κ2) is 9.96. The molecule has 0 aliphatic heterocycles.